The topological polar surface area (TPSA) is 36.9 Å². The largest absolute Gasteiger partial charge is 0.491 e. The van der Waals surface area contributed by atoms with E-state index in [0.29, 0.717) is 19.1 Å². The highest BCUT2D eigenvalue weighted by atomic mass is 16.5. The molecule has 166 valence electrons. The Hall–Kier alpha value is -1.62. The van der Waals surface area contributed by atoms with Crippen LogP contribution in [0.5, 0.6) is 5.75 Å². The van der Waals surface area contributed by atoms with Crippen LogP contribution in [-0.4, -0.2) is 45.7 Å². The maximum Gasteiger partial charge on any atom is 0.119 e. The second-order valence-electron chi connectivity index (χ2n) is 9.28. The molecule has 3 rings (SSSR count). The number of ether oxygens (including phenoxy) is 4. The van der Waals surface area contributed by atoms with Crippen molar-refractivity contribution in [3.8, 4) is 5.75 Å². The van der Waals surface area contributed by atoms with Crippen molar-refractivity contribution in [2.75, 3.05) is 27.4 Å². The standard InChI is InChI=1S/C26H38O4/c1-16-13-22(18(3)27-7)25(23(14-16)19(4)28-8)30-12-11-29-20-9-10-21-17(2)26(5,6)24(21)15-20/h9-10,13-15,17-19,22,25H,11-12H2,1-8H3. The Morgan fingerprint density at radius 3 is 2.47 bits per heavy atom. The van der Waals surface area contributed by atoms with Crippen LogP contribution < -0.4 is 4.74 Å². The average molecular weight is 415 g/mol. The first-order valence-electron chi connectivity index (χ1n) is 11.0. The van der Waals surface area contributed by atoms with Crippen molar-refractivity contribution in [1.29, 1.82) is 0 Å². The summed E-state index contributed by atoms with van der Waals surface area (Å²) in [4.78, 5) is 0. The molecule has 1 aromatic carbocycles. The van der Waals surface area contributed by atoms with E-state index in [9.17, 15) is 0 Å². The Kier molecular flexibility index (Phi) is 7.11. The molecule has 0 saturated carbocycles. The van der Waals surface area contributed by atoms with Crippen molar-refractivity contribution in [2.24, 2.45) is 5.92 Å². The molecule has 30 heavy (non-hydrogen) atoms. The fraction of sp³-hybridized carbons (Fsp3) is 0.615. The van der Waals surface area contributed by atoms with Crippen LogP contribution in [0.15, 0.2) is 41.5 Å². The molecule has 5 atom stereocenters. The summed E-state index contributed by atoms with van der Waals surface area (Å²) in [7, 11) is 3.49. The van der Waals surface area contributed by atoms with Gasteiger partial charge in [0.25, 0.3) is 0 Å². The highest BCUT2D eigenvalue weighted by Gasteiger charge is 2.41. The second kappa shape index (κ2) is 9.25. The lowest BCUT2D eigenvalue weighted by atomic mass is 9.59. The van der Waals surface area contributed by atoms with Crippen LogP contribution in [0.3, 0.4) is 0 Å². The van der Waals surface area contributed by atoms with Gasteiger partial charge in [-0.2, -0.15) is 0 Å². The van der Waals surface area contributed by atoms with E-state index < -0.39 is 0 Å². The third-order valence-corrected chi connectivity index (χ3v) is 7.18. The van der Waals surface area contributed by atoms with Gasteiger partial charge in [0.05, 0.1) is 24.9 Å². The molecule has 2 aliphatic rings. The first kappa shape index (κ1) is 23.1. The molecule has 0 aromatic heterocycles. The van der Waals surface area contributed by atoms with Gasteiger partial charge in [-0.05, 0) is 60.9 Å². The zero-order chi connectivity index (χ0) is 22.1. The van der Waals surface area contributed by atoms with Crippen molar-refractivity contribution in [3.05, 3.63) is 52.6 Å². The quantitative estimate of drug-likeness (QED) is 0.506. The zero-order valence-corrected chi connectivity index (χ0v) is 19.8. The number of hydrogen-bond donors (Lipinski definition) is 0. The lowest BCUT2D eigenvalue weighted by Crippen LogP contribution is -2.39. The minimum absolute atomic E-state index is 0.0108. The minimum atomic E-state index is -0.0844. The van der Waals surface area contributed by atoms with Crippen LogP contribution >= 0.6 is 0 Å². The van der Waals surface area contributed by atoms with Crippen LogP contribution in [0.2, 0.25) is 0 Å². The maximum absolute atomic E-state index is 6.35. The molecule has 0 bridgehead atoms. The van der Waals surface area contributed by atoms with Crippen LogP contribution in [-0.2, 0) is 19.6 Å². The summed E-state index contributed by atoms with van der Waals surface area (Å²) in [5.41, 5.74) is 5.43. The van der Waals surface area contributed by atoms with Gasteiger partial charge in [0.1, 0.15) is 12.4 Å². The Morgan fingerprint density at radius 1 is 1.07 bits per heavy atom. The summed E-state index contributed by atoms with van der Waals surface area (Å²) >= 11 is 0. The molecule has 2 aliphatic carbocycles. The van der Waals surface area contributed by atoms with E-state index in [0.717, 1.165) is 11.3 Å². The smallest absolute Gasteiger partial charge is 0.119 e. The Bertz CT molecular complexity index is 807. The summed E-state index contributed by atoms with van der Waals surface area (Å²) < 4.78 is 23.6. The lowest BCUT2D eigenvalue weighted by Gasteiger charge is -2.45. The van der Waals surface area contributed by atoms with E-state index in [1.54, 1.807) is 14.2 Å². The van der Waals surface area contributed by atoms with E-state index in [1.165, 1.54) is 16.7 Å². The molecule has 0 aliphatic heterocycles. The molecule has 0 heterocycles. The number of fused-ring (bicyclic) bond motifs is 1. The molecule has 0 N–H and O–H groups in total. The van der Waals surface area contributed by atoms with Crippen molar-refractivity contribution in [2.45, 2.75) is 71.2 Å². The fourth-order valence-electron chi connectivity index (χ4n) is 4.68. The van der Waals surface area contributed by atoms with Crippen molar-refractivity contribution >= 4 is 0 Å². The van der Waals surface area contributed by atoms with Crippen LogP contribution in [0.25, 0.3) is 0 Å². The molecule has 4 heteroatoms. The molecule has 1 aromatic rings. The monoisotopic (exact) mass is 414 g/mol. The normalized spacial score (nSPS) is 26.7. The summed E-state index contributed by atoms with van der Waals surface area (Å²) in [6.45, 7) is 14.2. The van der Waals surface area contributed by atoms with Crippen molar-refractivity contribution in [1.82, 2.24) is 0 Å². The predicted molar refractivity (Wildman–Crippen MR) is 121 cm³/mol. The highest BCUT2D eigenvalue weighted by molar-refractivity contribution is 5.51. The number of allylic oxidation sites excluding steroid dienone is 2. The molecule has 0 radical (unpaired) electrons. The number of benzene rings is 1. The van der Waals surface area contributed by atoms with Crippen LogP contribution in [0.1, 0.15) is 58.6 Å². The summed E-state index contributed by atoms with van der Waals surface area (Å²) in [5, 5.41) is 0. The minimum Gasteiger partial charge on any atom is -0.491 e. The molecule has 4 nitrogen and oxygen atoms in total. The molecular formula is C26H38O4. The number of rotatable bonds is 9. The van der Waals surface area contributed by atoms with Gasteiger partial charge in [-0.15, -0.1) is 0 Å². The molecule has 5 unspecified atom stereocenters. The van der Waals surface area contributed by atoms with Crippen molar-refractivity contribution < 1.29 is 18.9 Å². The number of methoxy groups -OCH3 is 2. The SMILES string of the molecule is COC(C)C1=CC(C)=CC(C(C)OC)C1OCCOc1ccc2c(c1)C(C)(C)C2C. The van der Waals surface area contributed by atoms with E-state index in [4.69, 9.17) is 18.9 Å². The van der Waals surface area contributed by atoms with E-state index in [1.807, 2.05) is 0 Å². The third-order valence-electron chi connectivity index (χ3n) is 7.18. The Morgan fingerprint density at radius 2 is 1.80 bits per heavy atom. The Balaban J connectivity index is 1.63. The van der Waals surface area contributed by atoms with Gasteiger partial charge in [-0.25, -0.2) is 0 Å². The highest BCUT2D eigenvalue weighted by Crippen LogP contribution is 2.51. The lowest BCUT2D eigenvalue weighted by molar-refractivity contribution is -0.0297. The summed E-state index contributed by atoms with van der Waals surface area (Å²) in [6.07, 6.45) is 4.38. The third kappa shape index (κ3) is 4.37. The number of hydrogen-bond acceptors (Lipinski definition) is 4. The van der Waals surface area contributed by atoms with Gasteiger partial charge in [0, 0.05) is 20.1 Å². The zero-order valence-electron chi connectivity index (χ0n) is 19.8. The predicted octanol–water partition coefficient (Wildman–Crippen LogP) is 5.42. The van der Waals surface area contributed by atoms with Gasteiger partial charge < -0.3 is 18.9 Å². The summed E-state index contributed by atoms with van der Waals surface area (Å²) in [6, 6.07) is 6.47. The summed E-state index contributed by atoms with van der Waals surface area (Å²) in [5.74, 6) is 1.66. The van der Waals surface area contributed by atoms with Crippen LogP contribution in [0.4, 0.5) is 0 Å². The molecule has 0 saturated heterocycles. The molecule has 0 amide bonds. The van der Waals surface area contributed by atoms with Crippen molar-refractivity contribution in [3.63, 3.8) is 0 Å². The first-order valence-corrected chi connectivity index (χ1v) is 11.0. The first-order chi connectivity index (χ1) is 14.2. The van der Waals surface area contributed by atoms with Gasteiger partial charge in [-0.1, -0.05) is 44.6 Å². The second-order valence-corrected chi connectivity index (χ2v) is 9.28. The molecule has 0 spiro atoms. The molecule has 0 fully saturated rings. The van der Waals surface area contributed by atoms with E-state index >= 15 is 0 Å². The Labute approximate surface area is 182 Å². The molecular weight excluding hydrogens is 376 g/mol. The van der Waals surface area contributed by atoms with E-state index in [2.05, 4.69) is 71.9 Å². The maximum atomic E-state index is 6.35. The van der Waals surface area contributed by atoms with Gasteiger partial charge in [-0.3, -0.25) is 0 Å². The van der Waals surface area contributed by atoms with Gasteiger partial charge >= 0.3 is 0 Å². The van der Waals surface area contributed by atoms with Crippen LogP contribution in [0, 0.1) is 5.92 Å². The average Bonchev–Trinajstić information content (AvgIpc) is 2.75. The van der Waals surface area contributed by atoms with Gasteiger partial charge in [0.2, 0.25) is 0 Å². The van der Waals surface area contributed by atoms with Gasteiger partial charge in [0.15, 0.2) is 0 Å². The van der Waals surface area contributed by atoms with E-state index in [-0.39, 0.29) is 29.6 Å². The fourth-order valence-corrected chi connectivity index (χ4v) is 4.68.